The first-order valence-electron chi connectivity index (χ1n) is 6.45. The van der Waals surface area contributed by atoms with E-state index in [1.807, 2.05) is 20.8 Å². The molecule has 0 unspecified atom stereocenters. The number of ether oxygens (including phenoxy) is 3. The fourth-order valence-corrected chi connectivity index (χ4v) is 1.61. The Morgan fingerprint density at radius 2 is 1.95 bits per heavy atom. The Morgan fingerprint density at radius 3 is 2.50 bits per heavy atom. The monoisotopic (exact) mass is 282 g/mol. The van der Waals surface area contributed by atoms with Crippen molar-refractivity contribution in [1.82, 2.24) is 0 Å². The zero-order valence-corrected chi connectivity index (χ0v) is 12.4. The number of carbonyl (C=O) groups is 1. The van der Waals surface area contributed by atoms with Crippen molar-refractivity contribution in [1.29, 1.82) is 0 Å². The van der Waals surface area contributed by atoms with Gasteiger partial charge in [0.05, 0.1) is 32.5 Å². The van der Waals surface area contributed by atoms with Gasteiger partial charge in [-0.25, -0.2) is 4.79 Å². The van der Waals surface area contributed by atoms with Crippen LogP contribution in [0.25, 0.3) is 0 Å². The van der Waals surface area contributed by atoms with Crippen LogP contribution in [0.2, 0.25) is 0 Å². The summed E-state index contributed by atoms with van der Waals surface area (Å²) in [5.41, 5.74) is 0.749. The third kappa shape index (κ3) is 5.59. The van der Waals surface area contributed by atoms with Crippen molar-refractivity contribution in [2.24, 2.45) is 0 Å². The second-order valence-corrected chi connectivity index (χ2v) is 5.35. The fourth-order valence-electron chi connectivity index (χ4n) is 1.61. The van der Waals surface area contributed by atoms with Crippen molar-refractivity contribution in [3.05, 3.63) is 29.3 Å². The molecular weight excluding hydrogens is 260 g/mol. The average molecular weight is 282 g/mol. The molecule has 0 spiro atoms. The first kappa shape index (κ1) is 16.5. The molecule has 0 aliphatic rings. The maximum atomic E-state index is 11.1. The van der Waals surface area contributed by atoms with Gasteiger partial charge in [-0.05, 0) is 38.5 Å². The SMILES string of the molecule is COc1ccc(COCCOC(C)(C)C)cc1C(=O)O. The Hall–Kier alpha value is -1.59. The number of hydrogen-bond acceptors (Lipinski definition) is 4. The highest BCUT2D eigenvalue weighted by Gasteiger charge is 2.12. The summed E-state index contributed by atoms with van der Waals surface area (Å²) in [7, 11) is 1.45. The molecule has 0 atom stereocenters. The second-order valence-electron chi connectivity index (χ2n) is 5.35. The van der Waals surface area contributed by atoms with Gasteiger partial charge in [0.25, 0.3) is 0 Å². The molecule has 0 bridgehead atoms. The zero-order valence-electron chi connectivity index (χ0n) is 12.4. The molecule has 0 heterocycles. The van der Waals surface area contributed by atoms with Crippen molar-refractivity contribution in [2.75, 3.05) is 20.3 Å². The Bertz CT molecular complexity index is 448. The Morgan fingerprint density at radius 1 is 1.25 bits per heavy atom. The molecule has 0 amide bonds. The van der Waals surface area contributed by atoms with Gasteiger partial charge in [-0.2, -0.15) is 0 Å². The van der Waals surface area contributed by atoms with Gasteiger partial charge in [0, 0.05) is 0 Å². The average Bonchev–Trinajstić information content (AvgIpc) is 2.36. The van der Waals surface area contributed by atoms with E-state index in [4.69, 9.17) is 19.3 Å². The van der Waals surface area contributed by atoms with Gasteiger partial charge in [-0.1, -0.05) is 6.07 Å². The normalized spacial score (nSPS) is 11.4. The van der Waals surface area contributed by atoms with Crippen LogP contribution in [-0.2, 0) is 16.1 Å². The summed E-state index contributed by atoms with van der Waals surface area (Å²) in [4.78, 5) is 11.1. The Balaban J connectivity index is 2.49. The molecule has 0 radical (unpaired) electrons. The van der Waals surface area contributed by atoms with E-state index in [0.717, 1.165) is 5.56 Å². The number of methoxy groups -OCH3 is 1. The van der Waals surface area contributed by atoms with Crippen molar-refractivity contribution in [2.45, 2.75) is 33.0 Å². The smallest absolute Gasteiger partial charge is 0.339 e. The highest BCUT2D eigenvalue weighted by atomic mass is 16.5. The first-order chi connectivity index (χ1) is 9.33. The predicted octanol–water partition coefficient (Wildman–Crippen LogP) is 2.73. The van der Waals surface area contributed by atoms with Crippen LogP contribution in [0.15, 0.2) is 18.2 Å². The molecule has 1 rings (SSSR count). The molecule has 0 aliphatic carbocycles. The highest BCUT2D eigenvalue weighted by Crippen LogP contribution is 2.20. The number of carboxylic acid groups (broad SMARTS) is 1. The van der Waals surface area contributed by atoms with Crippen molar-refractivity contribution < 1.29 is 24.1 Å². The third-order valence-corrected chi connectivity index (χ3v) is 2.53. The lowest BCUT2D eigenvalue weighted by Crippen LogP contribution is -2.21. The van der Waals surface area contributed by atoms with Gasteiger partial charge in [0.2, 0.25) is 0 Å². The topological polar surface area (TPSA) is 65.0 Å². The van der Waals surface area contributed by atoms with E-state index in [1.165, 1.54) is 7.11 Å². The van der Waals surface area contributed by atoms with E-state index in [9.17, 15) is 4.79 Å². The minimum Gasteiger partial charge on any atom is -0.496 e. The maximum Gasteiger partial charge on any atom is 0.339 e. The molecule has 0 aromatic heterocycles. The standard InChI is InChI=1S/C15H22O5/c1-15(2,3)20-8-7-19-10-11-5-6-13(18-4)12(9-11)14(16)17/h5-6,9H,7-8,10H2,1-4H3,(H,16,17). The van der Waals surface area contributed by atoms with Crippen molar-refractivity contribution in [3.63, 3.8) is 0 Å². The molecule has 5 heteroatoms. The van der Waals surface area contributed by atoms with E-state index < -0.39 is 5.97 Å². The number of rotatable bonds is 7. The molecule has 0 aliphatic heterocycles. The van der Waals surface area contributed by atoms with E-state index in [2.05, 4.69) is 0 Å². The van der Waals surface area contributed by atoms with Gasteiger partial charge < -0.3 is 19.3 Å². The van der Waals surface area contributed by atoms with E-state index in [-0.39, 0.29) is 11.2 Å². The summed E-state index contributed by atoms with van der Waals surface area (Å²) in [6, 6.07) is 4.98. The largest absolute Gasteiger partial charge is 0.496 e. The number of benzene rings is 1. The third-order valence-electron chi connectivity index (χ3n) is 2.53. The molecule has 1 aromatic carbocycles. The predicted molar refractivity (Wildman–Crippen MR) is 75.3 cm³/mol. The van der Waals surface area contributed by atoms with Gasteiger partial charge in [0.15, 0.2) is 0 Å². The van der Waals surface area contributed by atoms with Crippen LogP contribution in [0.1, 0.15) is 36.7 Å². The lowest BCUT2D eigenvalue weighted by atomic mass is 10.1. The maximum absolute atomic E-state index is 11.1. The van der Waals surface area contributed by atoms with E-state index in [0.29, 0.717) is 25.6 Å². The van der Waals surface area contributed by atoms with Crippen LogP contribution in [0.3, 0.4) is 0 Å². The first-order valence-corrected chi connectivity index (χ1v) is 6.45. The Kier molecular flexibility index (Phi) is 5.98. The summed E-state index contributed by atoms with van der Waals surface area (Å²) in [5.74, 6) is -0.669. The van der Waals surface area contributed by atoms with Crippen LogP contribution in [-0.4, -0.2) is 37.0 Å². The summed E-state index contributed by atoms with van der Waals surface area (Å²) >= 11 is 0. The van der Waals surface area contributed by atoms with Gasteiger partial charge in [-0.3, -0.25) is 0 Å². The molecule has 112 valence electrons. The molecule has 1 N–H and O–H groups in total. The van der Waals surface area contributed by atoms with Crippen LogP contribution in [0.4, 0.5) is 0 Å². The second kappa shape index (κ2) is 7.26. The molecule has 0 saturated heterocycles. The van der Waals surface area contributed by atoms with Crippen LogP contribution in [0, 0.1) is 0 Å². The number of hydrogen-bond donors (Lipinski definition) is 1. The van der Waals surface area contributed by atoms with E-state index in [1.54, 1.807) is 18.2 Å². The fraction of sp³-hybridized carbons (Fsp3) is 0.533. The molecule has 0 fully saturated rings. The van der Waals surface area contributed by atoms with Crippen LogP contribution in [0.5, 0.6) is 5.75 Å². The van der Waals surface area contributed by atoms with Crippen molar-refractivity contribution >= 4 is 5.97 Å². The molecule has 1 aromatic rings. The minimum absolute atomic E-state index is 0.138. The molecule has 0 saturated carbocycles. The lowest BCUT2D eigenvalue weighted by molar-refractivity contribution is -0.0377. The number of carboxylic acids is 1. The Labute approximate surface area is 119 Å². The van der Waals surface area contributed by atoms with Gasteiger partial charge in [-0.15, -0.1) is 0 Å². The summed E-state index contributed by atoms with van der Waals surface area (Å²) < 4.78 is 16.0. The van der Waals surface area contributed by atoms with E-state index >= 15 is 0 Å². The highest BCUT2D eigenvalue weighted by molar-refractivity contribution is 5.91. The quantitative estimate of drug-likeness (QED) is 0.779. The van der Waals surface area contributed by atoms with Crippen LogP contribution < -0.4 is 4.74 Å². The number of aromatic carboxylic acids is 1. The van der Waals surface area contributed by atoms with Crippen LogP contribution >= 0.6 is 0 Å². The molecular formula is C15H22O5. The van der Waals surface area contributed by atoms with Gasteiger partial charge in [0.1, 0.15) is 11.3 Å². The molecule has 20 heavy (non-hydrogen) atoms. The molecule has 5 nitrogen and oxygen atoms in total. The minimum atomic E-state index is -1.01. The summed E-state index contributed by atoms with van der Waals surface area (Å²) in [6.07, 6.45) is 0. The summed E-state index contributed by atoms with van der Waals surface area (Å²) in [5, 5.41) is 9.08. The summed E-state index contributed by atoms with van der Waals surface area (Å²) in [6.45, 7) is 7.26. The van der Waals surface area contributed by atoms with Gasteiger partial charge >= 0.3 is 5.97 Å². The lowest BCUT2D eigenvalue weighted by Gasteiger charge is -2.19. The zero-order chi connectivity index (χ0) is 15.2. The van der Waals surface area contributed by atoms with Crippen molar-refractivity contribution in [3.8, 4) is 5.75 Å².